The van der Waals surface area contributed by atoms with Crippen LogP contribution in [0.5, 0.6) is 0 Å². The second kappa shape index (κ2) is 7.41. The van der Waals surface area contributed by atoms with E-state index in [0.717, 1.165) is 11.1 Å². The van der Waals surface area contributed by atoms with Gasteiger partial charge in [0.15, 0.2) is 18.0 Å². The summed E-state index contributed by atoms with van der Waals surface area (Å²) in [5.41, 5.74) is 3.03. The Morgan fingerprint density at radius 1 is 1.10 bits per heavy atom. The van der Waals surface area contributed by atoms with Crippen LogP contribution < -0.4 is 5.32 Å². The zero-order valence-corrected chi connectivity index (χ0v) is 15.4. The molecule has 1 aliphatic rings. The molecule has 29 heavy (non-hydrogen) atoms. The Bertz CT molecular complexity index is 1040. The Labute approximate surface area is 165 Å². The van der Waals surface area contributed by atoms with E-state index in [1.807, 2.05) is 36.4 Å². The lowest BCUT2D eigenvalue weighted by molar-refractivity contribution is -0.221. The van der Waals surface area contributed by atoms with E-state index < -0.39 is 36.6 Å². The number of carboxylic acid groups (broad SMARTS) is 1. The predicted octanol–water partition coefficient (Wildman–Crippen LogP) is -0.0606. The summed E-state index contributed by atoms with van der Waals surface area (Å²) < 4.78 is 6.93. The first-order valence-electron chi connectivity index (χ1n) is 8.93. The number of aromatic nitrogens is 3. The van der Waals surface area contributed by atoms with E-state index in [1.54, 1.807) is 17.8 Å². The van der Waals surface area contributed by atoms with Crippen LogP contribution in [0.25, 0.3) is 22.3 Å². The van der Waals surface area contributed by atoms with Gasteiger partial charge in [0.2, 0.25) is 5.95 Å². The quantitative estimate of drug-likeness (QED) is 0.406. The van der Waals surface area contributed by atoms with Crippen molar-refractivity contribution in [2.24, 2.45) is 7.05 Å². The Balaban J connectivity index is 1.64. The zero-order chi connectivity index (χ0) is 20.7. The maximum atomic E-state index is 11.3. The molecule has 1 saturated heterocycles. The van der Waals surface area contributed by atoms with Gasteiger partial charge in [-0.3, -0.25) is 0 Å². The minimum absolute atomic E-state index is 0.259. The van der Waals surface area contributed by atoms with Crippen LogP contribution in [0.1, 0.15) is 0 Å². The molecule has 3 aromatic rings. The molecule has 10 heteroatoms. The lowest BCUT2D eigenvalue weighted by atomic mass is 9.98. The van der Waals surface area contributed by atoms with Gasteiger partial charge in [0, 0.05) is 18.8 Å². The van der Waals surface area contributed by atoms with Gasteiger partial charge in [-0.15, -0.1) is 0 Å². The molecule has 0 radical (unpaired) electrons. The third kappa shape index (κ3) is 3.42. The van der Waals surface area contributed by atoms with Gasteiger partial charge in [0.25, 0.3) is 0 Å². The van der Waals surface area contributed by atoms with Crippen LogP contribution in [0.15, 0.2) is 42.6 Å². The zero-order valence-electron chi connectivity index (χ0n) is 15.4. The molecule has 5 atom stereocenters. The number of nitrogens with zero attached hydrogens (tertiary/aromatic N) is 3. The van der Waals surface area contributed by atoms with Crippen molar-refractivity contribution < 1.29 is 30.0 Å². The number of ether oxygens (including phenoxy) is 1. The number of anilines is 1. The molecule has 3 heterocycles. The van der Waals surface area contributed by atoms with Crippen LogP contribution in [0, 0.1) is 0 Å². The molecule has 5 N–H and O–H groups in total. The number of aliphatic carboxylic acids is 1. The fraction of sp³-hybridized carbons (Fsp3) is 0.316. The second-order valence-electron chi connectivity index (χ2n) is 6.86. The van der Waals surface area contributed by atoms with Crippen LogP contribution >= 0.6 is 0 Å². The number of carboxylic acids is 1. The van der Waals surface area contributed by atoms with Crippen LogP contribution in [0.2, 0.25) is 0 Å². The van der Waals surface area contributed by atoms with Gasteiger partial charge in [0.05, 0.1) is 5.52 Å². The molecular formula is C19H20N4O6. The number of hydrogen-bond acceptors (Lipinski definition) is 8. The highest BCUT2D eigenvalue weighted by atomic mass is 16.6. The topological polar surface area (TPSA) is 150 Å². The molecule has 10 nitrogen and oxygen atoms in total. The number of benzene rings is 1. The SMILES string of the molecule is Cn1c(N[C@@H]2O[C@H](C(=O)O)[C@@H](O)[C@H](O)[C@H]2O)nc2ncc(-c3ccccc3)cc21. The summed E-state index contributed by atoms with van der Waals surface area (Å²) in [6, 6.07) is 11.6. The molecule has 0 aliphatic carbocycles. The van der Waals surface area contributed by atoms with E-state index in [9.17, 15) is 20.1 Å². The molecule has 4 rings (SSSR count). The highest BCUT2D eigenvalue weighted by Gasteiger charge is 2.47. The van der Waals surface area contributed by atoms with Crippen molar-refractivity contribution in [3.8, 4) is 11.1 Å². The van der Waals surface area contributed by atoms with E-state index in [4.69, 9.17) is 9.84 Å². The molecule has 1 fully saturated rings. The Morgan fingerprint density at radius 3 is 2.52 bits per heavy atom. The molecule has 0 unspecified atom stereocenters. The smallest absolute Gasteiger partial charge is 0.335 e. The number of aliphatic hydroxyl groups excluding tert-OH is 3. The van der Waals surface area contributed by atoms with Gasteiger partial charge in [-0.05, 0) is 11.6 Å². The molecule has 0 saturated carbocycles. The fourth-order valence-electron chi connectivity index (χ4n) is 3.32. The van der Waals surface area contributed by atoms with E-state index in [2.05, 4.69) is 15.3 Å². The van der Waals surface area contributed by atoms with E-state index in [1.165, 1.54) is 0 Å². The maximum Gasteiger partial charge on any atom is 0.335 e. The van der Waals surface area contributed by atoms with Gasteiger partial charge < -0.3 is 35.0 Å². The molecule has 152 valence electrons. The third-order valence-corrected chi connectivity index (χ3v) is 4.97. The average Bonchev–Trinajstić information content (AvgIpc) is 3.03. The Morgan fingerprint density at radius 2 is 1.83 bits per heavy atom. The Hall–Kier alpha value is -3.05. The van der Waals surface area contributed by atoms with Crippen LogP contribution in [-0.4, -0.2) is 71.6 Å². The minimum Gasteiger partial charge on any atom is -0.479 e. The van der Waals surface area contributed by atoms with Crippen molar-refractivity contribution in [2.75, 3.05) is 5.32 Å². The first kappa shape index (κ1) is 19.3. The molecule has 2 aromatic heterocycles. The average molecular weight is 400 g/mol. The van der Waals surface area contributed by atoms with Crippen LogP contribution in [0.4, 0.5) is 5.95 Å². The van der Waals surface area contributed by atoms with Gasteiger partial charge in [0.1, 0.15) is 18.3 Å². The molecule has 1 aliphatic heterocycles. The van der Waals surface area contributed by atoms with Crippen LogP contribution in [-0.2, 0) is 16.6 Å². The normalized spacial score (nSPS) is 27.1. The standard InChI is InChI=1S/C19H20N4O6/c1-23-11-7-10(9-5-3-2-4-6-9)8-20-16(11)21-19(23)22-17-14(26)12(24)13(25)15(29-17)18(27)28/h2-8,12-15,17,24-26H,1H3,(H,27,28)(H,20,21,22)/t12-,13-,14+,15-,17+/m0/s1. The van der Waals surface area contributed by atoms with Crippen molar-refractivity contribution >= 4 is 23.1 Å². The van der Waals surface area contributed by atoms with Crippen molar-refractivity contribution in [1.82, 2.24) is 14.5 Å². The molecule has 0 bridgehead atoms. The van der Waals surface area contributed by atoms with E-state index in [-0.39, 0.29) is 5.95 Å². The van der Waals surface area contributed by atoms with Gasteiger partial charge in [-0.2, -0.15) is 4.98 Å². The number of hydrogen-bond donors (Lipinski definition) is 5. The van der Waals surface area contributed by atoms with Crippen molar-refractivity contribution in [3.63, 3.8) is 0 Å². The second-order valence-corrected chi connectivity index (χ2v) is 6.86. The van der Waals surface area contributed by atoms with Crippen molar-refractivity contribution in [1.29, 1.82) is 0 Å². The summed E-state index contributed by atoms with van der Waals surface area (Å²) >= 11 is 0. The third-order valence-electron chi connectivity index (χ3n) is 4.97. The van der Waals surface area contributed by atoms with Crippen LogP contribution in [0.3, 0.4) is 0 Å². The highest BCUT2D eigenvalue weighted by molar-refractivity contribution is 5.80. The Kier molecular flexibility index (Phi) is 4.92. The largest absolute Gasteiger partial charge is 0.479 e. The van der Waals surface area contributed by atoms with E-state index in [0.29, 0.717) is 11.2 Å². The van der Waals surface area contributed by atoms with Crippen molar-refractivity contribution in [2.45, 2.75) is 30.6 Å². The number of aliphatic hydroxyl groups is 3. The molecule has 0 amide bonds. The summed E-state index contributed by atoms with van der Waals surface area (Å²) in [7, 11) is 1.73. The van der Waals surface area contributed by atoms with Gasteiger partial charge >= 0.3 is 5.97 Å². The summed E-state index contributed by atoms with van der Waals surface area (Å²) in [5.74, 6) is -1.19. The summed E-state index contributed by atoms with van der Waals surface area (Å²) in [5, 5.41) is 41.9. The number of aryl methyl sites for hydroxylation is 1. The first-order chi connectivity index (χ1) is 13.9. The van der Waals surface area contributed by atoms with E-state index >= 15 is 0 Å². The first-order valence-corrected chi connectivity index (χ1v) is 8.93. The maximum absolute atomic E-state index is 11.3. The monoisotopic (exact) mass is 400 g/mol. The predicted molar refractivity (Wildman–Crippen MR) is 102 cm³/mol. The fourth-order valence-corrected chi connectivity index (χ4v) is 3.32. The molecule has 1 aromatic carbocycles. The van der Waals surface area contributed by atoms with Crippen molar-refractivity contribution in [3.05, 3.63) is 42.6 Å². The number of imidazole rings is 1. The molecular weight excluding hydrogens is 380 g/mol. The van der Waals surface area contributed by atoms with Gasteiger partial charge in [-0.25, -0.2) is 9.78 Å². The summed E-state index contributed by atoms with van der Waals surface area (Å²) in [4.78, 5) is 20.0. The number of carbonyl (C=O) groups is 1. The highest BCUT2D eigenvalue weighted by Crippen LogP contribution is 2.27. The summed E-state index contributed by atoms with van der Waals surface area (Å²) in [6.45, 7) is 0. The number of pyridine rings is 1. The minimum atomic E-state index is -1.75. The number of fused-ring (bicyclic) bond motifs is 1. The van der Waals surface area contributed by atoms with Gasteiger partial charge in [-0.1, -0.05) is 30.3 Å². The lowest BCUT2D eigenvalue weighted by Crippen LogP contribution is -2.61. The number of rotatable bonds is 4. The lowest BCUT2D eigenvalue weighted by Gasteiger charge is -2.39. The summed E-state index contributed by atoms with van der Waals surface area (Å²) in [6.07, 6.45) is -6.30. The molecule has 0 spiro atoms. The number of nitrogens with one attached hydrogen (secondary N) is 1.